The molecule has 0 amide bonds. The molecule has 0 spiro atoms. The van der Waals surface area contributed by atoms with Crippen LogP contribution in [0.25, 0.3) is 0 Å². The lowest BCUT2D eigenvalue weighted by molar-refractivity contribution is 0.434. The Morgan fingerprint density at radius 1 is 0.833 bits per heavy atom. The molecule has 1 unspecified atom stereocenters. The maximum absolute atomic E-state index is 5.97. The molecule has 0 aromatic heterocycles. The lowest BCUT2D eigenvalue weighted by atomic mass is 9.69. The van der Waals surface area contributed by atoms with Crippen molar-refractivity contribution in [2.24, 2.45) is 5.92 Å². The Labute approximate surface area is 118 Å². The molecule has 0 aliphatic heterocycles. The molecule has 0 nitrogen and oxygen atoms in total. The molecule has 0 aromatic carbocycles. The Bertz CT molecular complexity index is 169. The Morgan fingerprint density at radius 3 is 1.89 bits per heavy atom. The first-order chi connectivity index (χ1) is 8.45. The summed E-state index contributed by atoms with van der Waals surface area (Å²) in [6.45, 7) is 8.97. The number of rotatable bonds is 12. The van der Waals surface area contributed by atoms with Crippen LogP contribution in [0.3, 0.4) is 0 Å². The monoisotopic (exact) mass is 250 g/mol. The second-order valence-electron chi connectivity index (χ2n) is 6.90. The number of hydrogen-bond donors (Lipinski definition) is 0. The zero-order valence-electron chi connectivity index (χ0n) is 13.4. The maximum Gasteiger partial charge on any atom is 0.0738 e. The molecule has 0 aliphatic carbocycles. The highest BCUT2D eigenvalue weighted by molar-refractivity contribution is 6.14. The van der Waals surface area contributed by atoms with Crippen LogP contribution >= 0.6 is 0 Å². The van der Waals surface area contributed by atoms with Crippen molar-refractivity contribution in [1.29, 1.82) is 0 Å². The highest BCUT2D eigenvalue weighted by Gasteiger charge is 2.08. The average molecular weight is 250 g/mol. The molecule has 0 heterocycles. The van der Waals surface area contributed by atoms with E-state index in [0.29, 0.717) is 0 Å². The van der Waals surface area contributed by atoms with Crippen molar-refractivity contribution in [1.82, 2.24) is 0 Å². The SMILES string of the molecule is [B]C(C)(C)CCCCCCCC(C)CCCCC. The van der Waals surface area contributed by atoms with E-state index in [2.05, 4.69) is 27.7 Å². The molecule has 1 atom stereocenters. The summed E-state index contributed by atoms with van der Waals surface area (Å²) >= 11 is 0. The summed E-state index contributed by atoms with van der Waals surface area (Å²) in [7, 11) is 5.97. The van der Waals surface area contributed by atoms with E-state index in [0.717, 1.165) is 5.92 Å². The van der Waals surface area contributed by atoms with Gasteiger partial charge in [0, 0.05) is 0 Å². The molecular weight excluding hydrogens is 215 g/mol. The summed E-state index contributed by atoms with van der Waals surface area (Å²) in [6, 6.07) is 0. The van der Waals surface area contributed by atoms with E-state index in [1.54, 1.807) is 0 Å². The fraction of sp³-hybridized carbons (Fsp3) is 1.00. The smallest absolute Gasteiger partial charge is 0.0716 e. The van der Waals surface area contributed by atoms with E-state index >= 15 is 0 Å². The van der Waals surface area contributed by atoms with Crippen molar-refractivity contribution >= 4 is 7.85 Å². The van der Waals surface area contributed by atoms with Crippen molar-refractivity contribution in [2.45, 2.75) is 104 Å². The van der Waals surface area contributed by atoms with Crippen LogP contribution in [0.5, 0.6) is 0 Å². The van der Waals surface area contributed by atoms with Gasteiger partial charge in [-0.2, -0.15) is 0 Å². The van der Waals surface area contributed by atoms with E-state index in [4.69, 9.17) is 7.85 Å². The normalized spacial score (nSPS) is 13.8. The molecule has 0 bridgehead atoms. The first kappa shape index (κ1) is 18.1. The molecule has 0 rings (SSSR count). The standard InChI is InChI=1S/C17H35B/c1-5-6-10-13-16(2)14-11-8-7-9-12-15-17(3,4)18/h16H,5-15H2,1-4H3. The van der Waals surface area contributed by atoms with Crippen LogP contribution < -0.4 is 0 Å². The van der Waals surface area contributed by atoms with Gasteiger partial charge in [-0.3, -0.25) is 0 Å². The number of unbranched alkanes of at least 4 members (excludes halogenated alkanes) is 6. The van der Waals surface area contributed by atoms with Gasteiger partial charge in [0.05, 0.1) is 7.85 Å². The van der Waals surface area contributed by atoms with Crippen LogP contribution in [-0.4, -0.2) is 7.85 Å². The third kappa shape index (κ3) is 14.1. The maximum atomic E-state index is 5.97. The van der Waals surface area contributed by atoms with E-state index in [9.17, 15) is 0 Å². The van der Waals surface area contributed by atoms with E-state index in [-0.39, 0.29) is 5.31 Å². The van der Waals surface area contributed by atoms with Crippen LogP contribution in [-0.2, 0) is 0 Å². The lowest BCUT2D eigenvalue weighted by Gasteiger charge is -2.17. The molecule has 106 valence electrons. The topological polar surface area (TPSA) is 0 Å². The second-order valence-corrected chi connectivity index (χ2v) is 6.90. The predicted octanol–water partition coefficient (Wildman–Crippen LogP) is 6.30. The summed E-state index contributed by atoms with van der Waals surface area (Å²) in [4.78, 5) is 0. The Morgan fingerprint density at radius 2 is 1.33 bits per heavy atom. The van der Waals surface area contributed by atoms with Gasteiger partial charge in [0.25, 0.3) is 0 Å². The van der Waals surface area contributed by atoms with Crippen molar-refractivity contribution in [3.8, 4) is 0 Å². The van der Waals surface area contributed by atoms with Gasteiger partial charge < -0.3 is 0 Å². The van der Waals surface area contributed by atoms with Crippen molar-refractivity contribution < 1.29 is 0 Å². The third-order valence-corrected chi connectivity index (χ3v) is 3.82. The molecule has 0 fully saturated rings. The minimum Gasteiger partial charge on any atom is -0.0716 e. The molecule has 2 radical (unpaired) electrons. The Balaban J connectivity index is 3.20. The fourth-order valence-electron chi connectivity index (χ4n) is 2.49. The summed E-state index contributed by atoms with van der Waals surface area (Å²) in [5, 5.41) is 0.0355. The van der Waals surface area contributed by atoms with Crippen LogP contribution in [0, 0.1) is 5.92 Å². The number of hydrogen-bond acceptors (Lipinski definition) is 0. The van der Waals surface area contributed by atoms with Gasteiger partial charge in [-0.15, -0.1) is 0 Å². The molecular formula is C17H35B. The van der Waals surface area contributed by atoms with Crippen molar-refractivity contribution in [3.63, 3.8) is 0 Å². The van der Waals surface area contributed by atoms with Gasteiger partial charge in [-0.1, -0.05) is 104 Å². The van der Waals surface area contributed by atoms with E-state index in [1.807, 2.05) is 0 Å². The van der Waals surface area contributed by atoms with Crippen LogP contribution in [0.15, 0.2) is 0 Å². The molecule has 0 saturated heterocycles. The molecule has 0 aromatic rings. The Kier molecular flexibility index (Phi) is 11.0. The summed E-state index contributed by atoms with van der Waals surface area (Å²) in [5.41, 5.74) is 0. The van der Waals surface area contributed by atoms with Gasteiger partial charge >= 0.3 is 0 Å². The fourth-order valence-corrected chi connectivity index (χ4v) is 2.49. The molecule has 0 N–H and O–H groups in total. The molecule has 18 heavy (non-hydrogen) atoms. The predicted molar refractivity (Wildman–Crippen MR) is 85.4 cm³/mol. The lowest BCUT2D eigenvalue weighted by Crippen LogP contribution is -2.01. The average Bonchev–Trinajstić information content (AvgIpc) is 2.26. The minimum absolute atomic E-state index is 0.0355. The van der Waals surface area contributed by atoms with Gasteiger partial charge in [-0.25, -0.2) is 0 Å². The molecule has 1 heteroatoms. The van der Waals surface area contributed by atoms with Gasteiger partial charge in [0.15, 0.2) is 0 Å². The Hall–Kier alpha value is 0.0649. The van der Waals surface area contributed by atoms with Crippen LogP contribution in [0.2, 0.25) is 5.31 Å². The minimum atomic E-state index is 0.0355. The van der Waals surface area contributed by atoms with Gasteiger partial charge in [-0.05, 0) is 5.92 Å². The quantitative estimate of drug-likeness (QED) is 0.281. The largest absolute Gasteiger partial charge is 0.0738 e. The van der Waals surface area contributed by atoms with Crippen molar-refractivity contribution in [3.05, 3.63) is 0 Å². The van der Waals surface area contributed by atoms with Crippen LogP contribution in [0.1, 0.15) is 98.3 Å². The highest BCUT2D eigenvalue weighted by Crippen LogP contribution is 2.26. The molecule has 0 saturated carbocycles. The van der Waals surface area contributed by atoms with Gasteiger partial charge in [0.2, 0.25) is 0 Å². The zero-order valence-corrected chi connectivity index (χ0v) is 13.4. The summed E-state index contributed by atoms with van der Waals surface area (Å²) in [5.74, 6) is 0.944. The van der Waals surface area contributed by atoms with Crippen molar-refractivity contribution in [2.75, 3.05) is 0 Å². The highest BCUT2D eigenvalue weighted by atomic mass is 14.1. The third-order valence-electron chi connectivity index (χ3n) is 3.82. The van der Waals surface area contributed by atoms with Gasteiger partial charge in [0.1, 0.15) is 0 Å². The first-order valence-electron chi connectivity index (χ1n) is 8.24. The zero-order chi connectivity index (χ0) is 13.9. The van der Waals surface area contributed by atoms with E-state index in [1.165, 1.54) is 70.6 Å². The second kappa shape index (κ2) is 10.9. The summed E-state index contributed by atoms with van der Waals surface area (Å²) in [6.07, 6.45) is 15.2. The van der Waals surface area contributed by atoms with Crippen LogP contribution in [0.4, 0.5) is 0 Å². The van der Waals surface area contributed by atoms with E-state index < -0.39 is 0 Å². The summed E-state index contributed by atoms with van der Waals surface area (Å²) < 4.78 is 0. The molecule has 0 aliphatic rings. The first-order valence-corrected chi connectivity index (χ1v) is 8.24.